The maximum atomic E-state index is 4.11. The molecule has 0 bridgehead atoms. The van der Waals surface area contributed by atoms with E-state index in [4.69, 9.17) is 0 Å². The zero-order chi connectivity index (χ0) is 16.9. The first kappa shape index (κ1) is 16.1. The van der Waals surface area contributed by atoms with Crippen LogP contribution in [0.1, 0.15) is 35.4 Å². The highest BCUT2D eigenvalue weighted by molar-refractivity contribution is 5.59. The Morgan fingerprint density at radius 1 is 0.920 bits per heavy atom. The number of rotatable bonds is 5. The van der Waals surface area contributed by atoms with Crippen LogP contribution in [0.4, 0.5) is 0 Å². The van der Waals surface area contributed by atoms with Gasteiger partial charge in [-0.05, 0) is 73.0 Å². The fourth-order valence-corrected chi connectivity index (χ4v) is 3.71. The van der Waals surface area contributed by atoms with E-state index in [0.717, 1.165) is 37.5 Å². The third-order valence-electron chi connectivity index (χ3n) is 5.23. The summed E-state index contributed by atoms with van der Waals surface area (Å²) in [5.74, 6) is 0.737. The van der Waals surface area contributed by atoms with Gasteiger partial charge in [0, 0.05) is 0 Å². The van der Waals surface area contributed by atoms with Crippen LogP contribution >= 0.6 is 0 Å². The first-order chi connectivity index (χ1) is 12.4. The van der Waals surface area contributed by atoms with E-state index in [2.05, 4.69) is 63.8 Å². The van der Waals surface area contributed by atoms with Crippen LogP contribution in [-0.2, 0) is 12.8 Å². The monoisotopic (exact) mass is 331 g/mol. The summed E-state index contributed by atoms with van der Waals surface area (Å²) in [4.78, 5) is 7.29. The molecule has 2 aromatic carbocycles. The number of H-pyrrole nitrogens is 1. The Labute approximate surface area is 149 Å². The normalized spacial score (nSPS) is 15.4. The van der Waals surface area contributed by atoms with Crippen molar-refractivity contribution >= 4 is 0 Å². The van der Waals surface area contributed by atoms with Gasteiger partial charge in [-0.3, -0.25) is 0 Å². The van der Waals surface area contributed by atoms with Crippen LogP contribution in [0.25, 0.3) is 11.3 Å². The van der Waals surface area contributed by atoms with E-state index in [0.29, 0.717) is 0 Å². The maximum absolute atomic E-state index is 4.11. The average molecular weight is 331 g/mol. The highest BCUT2D eigenvalue weighted by Gasteiger charge is 2.14. The molecule has 0 atom stereocenters. The molecule has 128 valence electrons. The van der Waals surface area contributed by atoms with Crippen molar-refractivity contribution in [2.24, 2.45) is 0 Å². The van der Waals surface area contributed by atoms with Crippen molar-refractivity contribution in [2.75, 3.05) is 13.1 Å². The fraction of sp³-hybridized carbons (Fsp3) is 0.318. The number of aryl methyl sites for hydroxylation is 2. The van der Waals surface area contributed by atoms with Crippen LogP contribution in [0.5, 0.6) is 0 Å². The number of nitrogens with zero attached hydrogens (tertiary/aromatic N) is 1. The Morgan fingerprint density at radius 2 is 1.72 bits per heavy atom. The Kier molecular flexibility index (Phi) is 4.93. The predicted octanol–water partition coefficient (Wildman–Crippen LogP) is 4.33. The molecule has 25 heavy (non-hydrogen) atoms. The van der Waals surface area contributed by atoms with Crippen LogP contribution < -0.4 is 5.32 Å². The molecule has 2 N–H and O–H groups in total. The summed E-state index contributed by atoms with van der Waals surface area (Å²) >= 11 is 0. The van der Waals surface area contributed by atoms with E-state index >= 15 is 0 Å². The van der Waals surface area contributed by atoms with Crippen LogP contribution in [0.2, 0.25) is 0 Å². The van der Waals surface area contributed by atoms with E-state index in [-0.39, 0.29) is 0 Å². The van der Waals surface area contributed by atoms with Gasteiger partial charge in [0.15, 0.2) is 0 Å². The van der Waals surface area contributed by atoms with Crippen LogP contribution in [0.15, 0.2) is 61.1 Å². The van der Waals surface area contributed by atoms with Crippen molar-refractivity contribution in [3.05, 3.63) is 77.7 Å². The van der Waals surface area contributed by atoms with Crippen molar-refractivity contribution in [2.45, 2.75) is 31.6 Å². The van der Waals surface area contributed by atoms with Gasteiger partial charge in [0.2, 0.25) is 0 Å². The molecule has 0 spiro atoms. The van der Waals surface area contributed by atoms with Gasteiger partial charge in [0.05, 0.1) is 18.2 Å². The number of piperidine rings is 1. The first-order valence-electron chi connectivity index (χ1n) is 9.26. The molecular weight excluding hydrogens is 306 g/mol. The molecule has 3 heteroatoms. The summed E-state index contributed by atoms with van der Waals surface area (Å²) in [5.41, 5.74) is 6.58. The molecule has 2 heterocycles. The molecule has 3 nitrogen and oxygen atoms in total. The third-order valence-corrected chi connectivity index (χ3v) is 5.23. The third kappa shape index (κ3) is 3.99. The van der Waals surface area contributed by atoms with Gasteiger partial charge in [-0.1, -0.05) is 42.5 Å². The lowest BCUT2D eigenvalue weighted by Gasteiger charge is -2.23. The van der Waals surface area contributed by atoms with Crippen molar-refractivity contribution in [3.63, 3.8) is 0 Å². The molecule has 1 saturated heterocycles. The van der Waals surface area contributed by atoms with Gasteiger partial charge < -0.3 is 10.3 Å². The van der Waals surface area contributed by atoms with Gasteiger partial charge in [-0.25, -0.2) is 4.98 Å². The van der Waals surface area contributed by atoms with Crippen molar-refractivity contribution < 1.29 is 0 Å². The molecular formula is C22H25N3. The number of imidazole rings is 1. The Hall–Kier alpha value is -2.39. The highest BCUT2D eigenvalue weighted by atomic mass is 14.9. The Morgan fingerprint density at radius 3 is 2.48 bits per heavy atom. The van der Waals surface area contributed by atoms with Gasteiger partial charge in [-0.15, -0.1) is 0 Å². The molecule has 1 aliphatic rings. The number of aromatic amines is 1. The van der Waals surface area contributed by atoms with Crippen LogP contribution in [0.3, 0.4) is 0 Å². The Balaban J connectivity index is 1.39. The van der Waals surface area contributed by atoms with Gasteiger partial charge >= 0.3 is 0 Å². The van der Waals surface area contributed by atoms with Crippen molar-refractivity contribution in [1.82, 2.24) is 15.3 Å². The topological polar surface area (TPSA) is 40.7 Å². The summed E-state index contributed by atoms with van der Waals surface area (Å²) in [6, 6.07) is 18.0. The summed E-state index contributed by atoms with van der Waals surface area (Å²) in [6.45, 7) is 2.30. The minimum atomic E-state index is 0.737. The largest absolute Gasteiger partial charge is 0.345 e. The quantitative estimate of drug-likeness (QED) is 0.730. The second-order valence-electron chi connectivity index (χ2n) is 6.93. The highest BCUT2D eigenvalue weighted by Crippen LogP contribution is 2.25. The molecule has 4 rings (SSSR count). The van der Waals surface area contributed by atoms with Gasteiger partial charge in [0.1, 0.15) is 0 Å². The number of nitrogens with one attached hydrogen (secondary N) is 2. The molecule has 0 saturated carbocycles. The molecule has 1 aliphatic heterocycles. The number of hydrogen-bond acceptors (Lipinski definition) is 2. The number of aromatic nitrogens is 2. The minimum Gasteiger partial charge on any atom is -0.345 e. The summed E-state index contributed by atoms with van der Waals surface area (Å²) in [7, 11) is 0. The fourth-order valence-electron chi connectivity index (χ4n) is 3.71. The lowest BCUT2D eigenvalue weighted by Crippen LogP contribution is -2.26. The van der Waals surface area contributed by atoms with Crippen LogP contribution in [-0.4, -0.2) is 23.1 Å². The SMILES string of the molecule is c1cc(CCc2ccc(C3CCNCC3)cc2)cc(-c2cnc[nH]2)c1. The second kappa shape index (κ2) is 7.66. The van der Waals surface area contributed by atoms with E-state index < -0.39 is 0 Å². The molecule has 0 unspecified atom stereocenters. The molecule has 0 radical (unpaired) electrons. The van der Waals surface area contributed by atoms with Gasteiger partial charge in [-0.2, -0.15) is 0 Å². The maximum Gasteiger partial charge on any atom is 0.0924 e. The summed E-state index contributed by atoms with van der Waals surface area (Å²) in [6.07, 6.45) is 8.28. The standard InChI is InChI=1S/C22H25N3/c1-2-18(14-21(3-1)22-15-24-16-25-22)5-4-17-6-8-19(9-7-17)20-10-12-23-13-11-20/h1-3,6-9,14-16,20,23H,4-5,10-13H2,(H,24,25). The zero-order valence-corrected chi connectivity index (χ0v) is 14.5. The summed E-state index contributed by atoms with van der Waals surface area (Å²) in [5, 5.41) is 3.44. The van der Waals surface area contributed by atoms with E-state index in [1.165, 1.54) is 35.1 Å². The smallest absolute Gasteiger partial charge is 0.0924 e. The van der Waals surface area contributed by atoms with Gasteiger partial charge in [0.25, 0.3) is 0 Å². The summed E-state index contributed by atoms with van der Waals surface area (Å²) < 4.78 is 0. The first-order valence-corrected chi connectivity index (χ1v) is 9.26. The molecule has 0 amide bonds. The lowest BCUT2D eigenvalue weighted by molar-refractivity contribution is 0.460. The number of benzene rings is 2. The van der Waals surface area contributed by atoms with Crippen molar-refractivity contribution in [3.8, 4) is 11.3 Å². The lowest BCUT2D eigenvalue weighted by atomic mass is 9.89. The second-order valence-corrected chi connectivity index (χ2v) is 6.93. The minimum absolute atomic E-state index is 0.737. The van der Waals surface area contributed by atoms with E-state index in [1.54, 1.807) is 6.33 Å². The van der Waals surface area contributed by atoms with Crippen LogP contribution in [0, 0.1) is 0 Å². The molecule has 1 fully saturated rings. The Bertz CT molecular complexity index is 784. The molecule has 3 aromatic rings. The van der Waals surface area contributed by atoms with E-state index in [1.807, 2.05) is 6.20 Å². The predicted molar refractivity (Wildman–Crippen MR) is 103 cm³/mol. The average Bonchev–Trinajstić information content (AvgIpc) is 3.23. The molecule has 1 aromatic heterocycles. The van der Waals surface area contributed by atoms with Crippen molar-refractivity contribution in [1.29, 1.82) is 0 Å². The van der Waals surface area contributed by atoms with E-state index in [9.17, 15) is 0 Å². The molecule has 0 aliphatic carbocycles. The zero-order valence-electron chi connectivity index (χ0n) is 14.5. The number of hydrogen-bond donors (Lipinski definition) is 2.